The molecule has 2 rings (SSSR count). The van der Waals surface area contributed by atoms with E-state index in [1.165, 1.54) is 22.9 Å². The molecule has 17 heavy (non-hydrogen) atoms. The van der Waals surface area contributed by atoms with Gasteiger partial charge in [0, 0.05) is 32.2 Å². The predicted octanol–water partition coefficient (Wildman–Crippen LogP) is 4.98. The van der Waals surface area contributed by atoms with Crippen LogP contribution in [0.4, 0.5) is 0 Å². The van der Waals surface area contributed by atoms with Crippen LogP contribution in [0, 0.1) is 6.92 Å². The zero-order valence-electron chi connectivity index (χ0n) is 9.43. The van der Waals surface area contributed by atoms with Crippen molar-refractivity contribution < 1.29 is 0 Å². The molecule has 0 fully saturated rings. The van der Waals surface area contributed by atoms with Gasteiger partial charge in [-0.2, -0.15) is 0 Å². The quantitative estimate of drug-likeness (QED) is 0.705. The molecule has 92 valence electrons. The molecular formula is C12H13Br2NS2. The molecule has 0 saturated heterocycles. The molecule has 0 bridgehead atoms. The lowest BCUT2D eigenvalue weighted by Gasteiger charge is -2.01. The van der Waals surface area contributed by atoms with Crippen LogP contribution in [-0.2, 0) is 13.0 Å². The Morgan fingerprint density at radius 2 is 2.00 bits per heavy atom. The molecule has 0 aliphatic rings. The summed E-state index contributed by atoms with van der Waals surface area (Å²) in [5.41, 5.74) is 0. The van der Waals surface area contributed by atoms with E-state index in [0.29, 0.717) is 0 Å². The summed E-state index contributed by atoms with van der Waals surface area (Å²) in [6.45, 7) is 4.13. The average Bonchev–Trinajstić information content (AvgIpc) is 2.82. The minimum Gasteiger partial charge on any atom is -0.311 e. The summed E-state index contributed by atoms with van der Waals surface area (Å²) in [7, 11) is 0. The number of hydrogen-bond acceptors (Lipinski definition) is 3. The van der Waals surface area contributed by atoms with E-state index >= 15 is 0 Å². The highest BCUT2D eigenvalue weighted by Crippen LogP contribution is 2.26. The predicted molar refractivity (Wildman–Crippen MR) is 84.2 cm³/mol. The van der Waals surface area contributed by atoms with E-state index < -0.39 is 0 Å². The van der Waals surface area contributed by atoms with Gasteiger partial charge >= 0.3 is 0 Å². The van der Waals surface area contributed by atoms with Gasteiger partial charge in [-0.3, -0.25) is 0 Å². The highest BCUT2D eigenvalue weighted by Gasteiger charge is 2.02. The molecule has 0 amide bonds. The highest BCUT2D eigenvalue weighted by molar-refractivity contribution is 9.11. The SMILES string of the molecule is Cc1sc(CNCCc2ccc(Br)s2)cc1Br. The molecule has 2 aromatic heterocycles. The first kappa shape index (κ1) is 13.7. The maximum Gasteiger partial charge on any atom is 0.0701 e. The number of thiophene rings is 2. The van der Waals surface area contributed by atoms with E-state index in [2.05, 4.69) is 62.3 Å². The number of aryl methyl sites for hydroxylation is 1. The molecular weight excluding hydrogens is 382 g/mol. The van der Waals surface area contributed by atoms with Crippen molar-refractivity contribution in [1.82, 2.24) is 5.32 Å². The van der Waals surface area contributed by atoms with Crippen molar-refractivity contribution in [3.8, 4) is 0 Å². The number of rotatable bonds is 5. The van der Waals surface area contributed by atoms with E-state index in [-0.39, 0.29) is 0 Å². The fourth-order valence-electron chi connectivity index (χ4n) is 1.51. The molecule has 0 radical (unpaired) electrons. The van der Waals surface area contributed by atoms with Crippen molar-refractivity contribution in [2.24, 2.45) is 0 Å². The van der Waals surface area contributed by atoms with E-state index in [4.69, 9.17) is 0 Å². The second-order valence-electron chi connectivity index (χ2n) is 3.75. The summed E-state index contributed by atoms with van der Waals surface area (Å²) in [4.78, 5) is 4.17. The first-order chi connectivity index (χ1) is 8.15. The fraction of sp³-hybridized carbons (Fsp3) is 0.333. The normalized spacial score (nSPS) is 11.0. The maximum atomic E-state index is 3.54. The molecule has 2 aromatic rings. The van der Waals surface area contributed by atoms with Gasteiger partial charge < -0.3 is 5.32 Å². The lowest BCUT2D eigenvalue weighted by molar-refractivity contribution is 0.697. The molecule has 1 nitrogen and oxygen atoms in total. The zero-order valence-corrected chi connectivity index (χ0v) is 14.2. The van der Waals surface area contributed by atoms with E-state index in [0.717, 1.165) is 19.5 Å². The molecule has 1 N–H and O–H groups in total. The monoisotopic (exact) mass is 393 g/mol. The Labute approximate surface area is 127 Å². The Balaban J connectivity index is 1.73. The van der Waals surface area contributed by atoms with Crippen LogP contribution in [0.15, 0.2) is 26.5 Å². The Morgan fingerprint density at radius 3 is 2.59 bits per heavy atom. The van der Waals surface area contributed by atoms with Crippen LogP contribution in [0.25, 0.3) is 0 Å². The number of halogens is 2. The molecule has 2 heterocycles. The van der Waals surface area contributed by atoms with Gasteiger partial charge in [-0.1, -0.05) is 0 Å². The smallest absolute Gasteiger partial charge is 0.0701 e. The van der Waals surface area contributed by atoms with E-state index in [9.17, 15) is 0 Å². The van der Waals surface area contributed by atoms with Crippen molar-refractivity contribution in [2.45, 2.75) is 19.9 Å². The average molecular weight is 395 g/mol. The van der Waals surface area contributed by atoms with Gasteiger partial charge in [-0.25, -0.2) is 0 Å². The molecule has 0 unspecified atom stereocenters. The summed E-state index contributed by atoms with van der Waals surface area (Å²) in [5.74, 6) is 0. The van der Waals surface area contributed by atoms with Crippen LogP contribution in [0.3, 0.4) is 0 Å². The van der Waals surface area contributed by atoms with Gasteiger partial charge in [-0.15, -0.1) is 22.7 Å². The van der Waals surface area contributed by atoms with Crippen molar-refractivity contribution in [3.63, 3.8) is 0 Å². The Morgan fingerprint density at radius 1 is 1.18 bits per heavy atom. The van der Waals surface area contributed by atoms with Crippen molar-refractivity contribution >= 4 is 54.5 Å². The first-order valence-electron chi connectivity index (χ1n) is 5.35. The fourth-order valence-corrected chi connectivity index (χ4v) is 4.57. The maximum absolute atomic E-state index is 3.54. The van der Waals surface area contributed by atoms with Crippen LogP contribution in [0.2, 0.25) is 0 Å². The third kappa shape index (κ3) is 4.17. The second kappa shape index (κ2) is 6.48. The van der Waals surface area contributed by atoms with Gasteiger partial charge in [-0.05, 0) is 63.4 Å². The Bertz CT molecular complexity index is 471. The third-order valence-corrected chi connectivity index (χ3v) is 6.20. The van der Waals surface area contributed by atoms with Crippen LogP contribution >= 0.6 is 54.5 Å². The summed E-state index contributed by atoms with van der Waals surface area (Å²) < 4.78 is 2.44. The summed E-state index contributed by atoms with van der Waals surface area (Å²) in [6.07, 6.45) is 1.10. The van der Waals surface area contributed by atoms with Gasteiger partial charge in [0.1, 0.15) is 0 Å². The van der Waals surface area contributed by atoms with Crippen LogP contribution in [0.1, 0.15) is 14.6 Å². The highest BCUT2D eigenvalue weighted by atomic mass is 79.9. The Kier molecular flexibility index (Phi) is 5.24. The molecule has 0 aromatic carbocycles. The number of nitrogens with one attached hydrogen (secondary N) is 1. The van der Waals surface area contributed by atoms with Crippen molar-refractivity contribution in [3.05, 3.63) is 41.1 Å². The first-order valence-corrected chi connectivity index (χ1v) is 8.57. The minimum atomic E-state index is 0.962. The minimum absolute atomic E-state index is 0.962. The van der Waals surface area contributed by atoms with E-state index in [1.807, 2.05) is 22.7 Å². The molecule has 0 aliphatic carbocycles. The molecule has 0 aliphatic heterocycles. The number of hydrogen-bond donors (Lipinski definition) is 1. The second-order valence-corrected chi connectivity index (χ2v) is 8.49. The molecule has 0 atom stereocenters. The summed E-state index contributed by atoms with van der Waals surface area (Å²) >= 11 is 10.7. The lowest BCUT2D eigenvalue weighted by atomic mass is 10.3. The third-order valence-electron chi connectivity index (χ3n) is 2.38. The lowest BCUT2D eigenvalue weighted by Crippen LogP contribution is -2.15. The van der Waals surface area contributed by atoms with Crippen LogP contribution in [0.5, 0.6) is 0 Å². The topological polar surface area (TPSA) is 12.0 Å². The van der Waals surface area contributed by atoms with Gasteiger partial charge in [0.25, 0.3) is 0 Å². The summed E-state index contributed by atoms with van der Waals surface area (Å²) in [6, 6.07) is 6.50. The zero-order chi connectivity index (χ0) is 12.3. The van der Waals surface area contributed by atoms with Gasteiger partial charge in [0.05, 0.1) is 3.79 Å². The molecule has 5 heteroatoms. The molecule has 0 saturated carbocycles. The van der Waals surface area contributed by atoms with Crippen molar-refractivity contribution in [1.29, 1.82) is 0 Å². The largest absolute Gasteiger partial charge is 0.311 e. The van der Waals surface area contributed by atoms with E-state index in [1.54, 1.807) is 0 Å². The molecule has 0 spiro atoms. The Hall–Kier alpha value is 0.320. The van der Waals surface area contributed by atoms with Crippen molar-refractivity contribution in [2.75, 3.05) is 6.54 Å². The van der Waals surface area contributed by atoms with Crippen LogP contribution < -0.4 is 5.32 Å². The summed E-state index contributed by atoms with van der Waals surface area (Å²) in [5, 5.41) is 3.48. The standard InChI is InChI=1S/C12H13Br2NS2/c1-8-11(13)6-10(16-8)7-15-5-4-9-2-3-12(14)17-9/h2-3,6,15H,4-5,7H2,1H3. The van der Waals surface area contributed by atoms with Crippen LogP contribution in [-0.4, -0.2) is 6.54 Å². The van der Waals surface area contributed by atoms with Gasteiger partial charge in [0.2, 0.25) is 0 Å². The van der Waals surface area contributed by atoms with Gasteiger partial charge in [0.15, 0.2) is 0 Å².